The van der Waals surface area contributed by atoms with Gasteiger partial charge < -0.3 is 53.8 Å². The molecule has 1 aromatic heterocycles. The van der Waals surface area contributed by atoms with Gasteiger partial charge in [-0.05, 0) is 38.5 Å². The number of anilines is 2. The first-order valence-corrected chi connectivity index (χ1v) is 23.1. The quantitative estimate of drug-likeness (QED) is 0.0755. The number of nitrogens with zero attached hydrogens (tertiary/aromatic N) is 3. The number of esters is 1. The summed E-state index contributed by atoms with van der Waals surface area (Å²) in [7, 11) is 1.44. The van der Waals surface area contributed by atoms with Crippen LogP contribution < -0.4 is 20.4 Å². The van der Waals surface area contributed by atoms with Gasteiger partial charge in [-0.2, -0.15) is 0 Å². The Balaban J connectivity index is 1.43. The van der Waals surface area contributed by atoms with Crippen LogP contribution in [0.15, 0.2) is 57.5 Å². The number of ketones is 1. The smallest absolute Gasteiger partial charge is 0.312 e. The van der Waals surface area contributed by atoms with Gasteiger partial charge in [-0.3, -0.25) is 24.0 Å². The fourth-order valence-electron chi connectivity index (χ4n) is 9.68. The second-order valence-corrected chi connectivity index (χ2v) is 18.6. The maximum absolute atomic E-state index is 14.9. The van der Waals surface area contributed by atoms with Crippen molar-refractivity contribution in [2.24, 2.45) is 23.7 Å². The molecular weight excluding hydrogens is 877 g/mol. The Kier molecular flexibility index (Phi) is 14.1. The van der Waals surface area contributed by atoms with Crippen LogP contribution >= 0.6 is 0 Å². The number of hydrogen-bond donors (Lipinski definition) is 4. The number of rotatable bonds is 4. The van der Waals surface area contributed by atoms with E-state index in [1.54, 1.807) is 52.8 Å². The van der Waals surface area contributed by atoms with Gasteiger partial charge in [0.1, 0.15) is 28.6 Å². The molecule has 17 nitrogen and oxygen atoms in total. The van der Waals surface area contributed by atoms with Crippen LogP contribution in [-0.2, 0) is 28.6 Å². The van der Waals surface area contributed by atoms with Crippen molar-refractivity contribution in [2.75, 3.05) is 43.5 Å². The minimum atomic E-state index is -2.06. The topological polar surface area (TPSA) is 227 Å². The Labute approximate surface area is 394 Å². The van der Waals surface area contributed by atoms with Crippen molar-refractivity contribution < 1.29 is 57.9 Å². The number of aromatic hydroxyl groups is 1. The van der Waals surface area contributed by atoms with Crippen LogP contribution in [0.1, 0.15) is 83.3 Å². The number of carbonyl (C=O) groups excluding carboxylic acids is 4. The molecule has 0 unspecified atom stereocenters. The van der Waals surface area contributed by atoms with E-state index in [1.165, 1.54) is 46.3 Å². The van der Waals surface area contributed by atoms with Gasteiger partial charge in [-0.1, -0.05) is 52.8 Å². The lowest BCUT2D eigenvalue weighted by Crippen LogP contribution is -2.48. The summed E-state index contributed by atoms with van der Waals surface area (Å²) >= 11 is 0. The molecule has 5 bridgehead atoms. The molecule has 2 amide bonds. The van der Waals surface area contributed by atoms with E-state index < -0.39 is 82.7 Å². The van der Waals surface area contributed by atoms with E-state index in [1.807, 2.05) is 24.8 Å². The number of carbonyl (C=O) groups is 4. The number of ether oxygens (including phenoxy) is 4. The molecule has 7 rings (SSSR count). The molecule has 1 saturated heterocycles. The number of fused-ring (bicyclic) bond motifs is 5. The number of methoxy groups -OCH3 is 1. The predicted octanol–water partition coefficient (Wildman–Crippen LogP) is 6.36. The summed E-state index contributed by atoms with van der Waals surface area (Å²) in [5.74, 6) is -7.24. The minimum absolute atomic E-state index is 0.0118. The van der Waals surface area contributed by atoms with Gasteiger partial charge in [0, 0.05) is 106 Å². The highest BCUT2D eigenvalue weighted by Crippen LogP contribution is 2.49. The van der Waals surface area contributed by atoms with Gasteiger partial charge in [0.15, 0.2) is 22.3 Å². The second kappa shape index (κ2) is 19.4. The van der Waals surface area contributed by atoms with E-state index in [0.717, 1.165) is 5.69 Å². The lowest BCUT2D eigenvalue weighted by atomic mass is 9.78. The number of aromatic nitrogens is 1. The van der Waals surface area contributed by atoms with Crippen molar-refractivity contribution in [3.05, 3.63) is 75.2 Å². The summed E-state index contributed by atoms with van der Waals surface area (Å²) in [6.45, 7) is 18.5. The molecule has 3 aliphatic rings. The van der Waals surface area contributed by atoms with E-state index in [4.69, 9.17) is 28.3 Å². The fraction of sp³-hybridized carbons (Fsp3) is 0.490. The molecule has 1 fully saturated rings. The molecule has 3 aromatic carbocycles. The van der Waals surface area contributed by atoms with Crippen LogP contribution in [-0.4, -0.2) is 112 Å². The van der Waals surface area contributed by atoms with Gasteiger partial charge in [0.25, 0.3) is 11.7 Å². The van der Waals surface area contributed by atoms with Gasteiger partial charge in [0.2, 0.25) is 5.91 Å². The number of benzene rings is 3. The number of phenols is 1. The minimum Gasteiger partial charge on any atom is -0.505 e. The van der Waals surface area contributed by atoms with Crippen molar-refractivity contribution in [2.45, 2.75) is 106 Å². The molecule has 3 aliphatic heterocycles. The second-order valence-electron chi connectivity index (χ2n) is 18.6. The number of hydrogen-bond acceptors (Lipinski definition) is 15. The zero-order valence-electron chi connectivity index (χ0n) is 40.5. The third-order valence-corrected chi connectivity index (χ3v) is 13.9. The summed E-state index contributed by atoms with van der Waals surface area (Å²) in [5, 5.41) is 37.7. The van der Waals surface area contributed by atoms with E-state index in [2.05, 4.69) is 10.2 Å². The van der Waals surface area contributed by atoms with Crippen molar-refractivity contribution in [3.8, 4) is 11.5 Å². The Morgan fingerprint density at radius 3 is 2.28 bits per heavy atom. The molecule has 0 radical (unpaired) electrons. The zero-order chi connectivity index (χ0) is 49.7. The van der Waals surface area contributed by atoms with Crippen molar-refractivity contribution >= 4 is 67.9 Å². The number of piperazine rings is 1. The van der Waals surface area contributed by atoms with Gasteiger partial charge >= 0.3 is 11.8 Å². The molecule has 0 aliphatic carbocycles. The zero-order valence-corrected chi connectivity index (χ0v) is 40.5. The number of aliphatic hydroxyl groups excluding tert-OH is 2. The number of nitrogens with one attached hydrogen (secondary N) is 1. The van der Waals surface area contributed by atoms with Crippen molar-refractivity contribution in [1.29, 1.82) is 0 Å². The van der Waals surface area contributed by atoms with Crippen LogP contribution in [0.4, 0.5) is 11.4 Å². The number of amides is 2. The molecule has 9 atom stereocenters. The van der Waals surface area contributed by atoms with Crippen LogP contribution in [0.2, 0.25) is 0 Å². The standard InChI is InChI=1S/C51H62N4O13/c1-12-35(57)55-19-17-54(18-20-55)32-22-26(4)39-34(23-32)67-48-40(52-39)36-37-44(60)30(8)47-38(36)49(62)51(10,68-47)65-21-16-33(64-11)27(5)46(66-31(9)56)29(7)43(59)28(6)42(58)24(2)14-13-15-25(3)50(63)53-41(48)45(37)61/h13-16,21-24,27-29,33,42-43,46,58-59,61H,12,17-20H2,1-11H3,(H,53,63)/b14-13+,21-16+,25-15-/t24-,27+,28+,29+,33-,42-,43+,46+,51-/m0/s1. The summed E-state index contributed by atoms with van der Waals surface area (Å²) < 4.78 is 30.6. The maximum Gasteiger partial charge on any atom is 0.312 e. The average molecular weight is 939 g/mol. The lowest BCUT2D eigenvalue weighted by Gasteiger charge is -2.38. The van der Waals surface area contributed by atoms with Crippen LogP contribution in [0.5, 0.6) is 11.5 Å². The highest BCUT2D eigenvalue weighted by Gasteiger charge is 2.50. The normalized spacial score (nSPS) is 29.1. The van der Waals surface area contributed by atoms with Crippen LogP contribution in [0, 0.1) is 37.5 Å². The fourth-order valence-corrected chi connectivity index (χ4v) is 9.68. The molecule has 364 valence electrons. The third kappa shape index (κ3) is 8.94. The summed E-state index contributed by atoms with van der Waals surface area (Å²) in [6.07, 6.45) is 4.00. The summed E-state index contributed by atoms with van der Waals surface area (Å²) in [4.78, 5) is 77.3. The Morgan fingerprint density at radius 2 is 1.63 bits per heavy atom. The molecule has 4 heterocycles. The number of Topliss-reactive ketones (excluding diaryl/α,β-unsaturated/α-hetero) is 1. The number of phenolic OH excluding ortho intramolecular Hbond substituents is 1. The predicted molar refractivity (Wildman–Crippen MR) is 256 cm³/mol. The van der Waals surface area contributed by atoms with Gasteiger partial charge in [-0.15, -0.1) is 0 Å². The lowest BCUT2D eigenvalue weighted by molar-refractivity contribution is -0.160. The van der Waals surface area contributed by atoms with E-state index >= 15 is 0 Å². The SMILES string of the molecule is CCC(=O)N1CCN(c2cc(C)c3nc4c(oc3c2)c2c(O)c3c(=O)c(C)c5c(c34)C(=O)[C@@](C)(O/C=C/[C@H](OC)[C@@H](C)[C@@H](OC(C)=O)[C@H](C)[C@H](O)[C@H](C)[C@@H](O)[C@@H](C)/C=C/C=C(/C)C(=O)N2)O5)CC1. The largest absolute Gasteiger partial charge is 0.505 e. The first kappa shape index (κ1) is 49.6. The average Bonchev–Trinajstić information content (AvgIpc) is 3.58. The molecular formula is C51H62N4O13. The van der Waals surface area contributed by atoms with E-state index in [0.29, 0.717) is 43.7 Å². The van der Waals surface area contributed by atoms with Crippen molar-refractivity contribution in [1.82, 2.24) is 9.88 Å². The van der Waals surface area contributed by atoms with Crippen LogP contribution in [0.3, 0.4) is 0 Å². The highest BCUT2D eigenvalue weighted by atomic mass is 16.7. The maximum atomic E-state index is 14.9. The van der Waals surface area contributed by atoms with E-state index in [-0.39, 0.29) is 61.5 Å². The number of aliphatic hydroxyl groups is 2. The molecule has 68 heavy (non-hydrogen) atoms. The molecule has 0 spiro atoms. The van der Waals surface area contributed by atoms with Crippen molar-refractivity contribution in [3.63, 3.8) is 0 Å². The Hall–Kier alpha value is -6.30. The molecule has 17 heteroatoms. The third-order valence-electron chi connectivity index (χ3n) is 13.9. The van der Waals surface area contributed by atoms with Crippen LogP contribution in [0.25, 0.3) is 33.0 Å². The number of allylic oxidation sites excluding steroid dienone is 2. The summed E-state index contributed by atoms with van der Waals surface area (Å²) in [5.41, 5.74) is 1.11. The molecule has 0 saturated carbocycles. The van der Waals surface area contributed by atoms with Gasteiger partial charge in [0.05, 0.1) is 35.5 Å². The first-order valence-electron chi connectivity index (χ1n) is 23.1. The number of aryl methyl sites for hydroxylation is 1. The first-order chi connectivity index (χ1) is 32.1. The molecule has 4 aromatic rings. The Morgan fingerprint density at radius 1 is 0.941 bits per heavy atom. The summed E-state index contributed by atoms with van der Waals surface area (Å²) in [6, 6.07) is 3.73. The Bertz CT molecular complexity index is 2840. The van der Waals surface area contributed by atoms with E-state index in [9.17, 15) is 39.3 Å². The molecule has 4 N–H and O–H groups in total. The van der Waals surface area contributed by atoms with Gasteiger partial charge in [-0.25, -0.2) is 4.98 Å². The monoisotopic (exact) mass is 938 g/mol. The highest BCUT2D eigenvalue weighted by molar-refractivity contribution is 6.26.